The van der Waals surface area contributed by atoms with Crippen LogP contribution in [-0.2, 0) is 0 Å². The molecular formula is C9H10ClN3. The Morgan fingerprint density at radius 2 is 2.46 bits per heavy atom. The van der Waals surface area contributed by atoms with E-state index < -0.39 is 0 Å². The van der Waals surface area contributed by atoms with Gasteiger partial charge in [-0.05, 0) is 19.1 Å². The van der Waals surface area contributed by atoms with E-state index in [-0.39, 0.29) is 5.92 Å². The van der Waals surface area contributed by atoms with Crippen LogP contribution in [0, 0.1) is 17.2 Å². The summed E-state index contributed by atoms with van der Waals surface area (Å²) in [6, 6.07) is 5.67. The van der Waals surface area contributed by atoms with Crippen molar-refractivity contribution in [3.8, 4) is 6.07 Å². The summed E-state index contributed by atoms with van der Waals surface area (Å²) in [6.07, 6.45) is 1.57. The molecule has 0 aliphatic carbocycles. The molecule has 1 atom stereocenters. The van der Waals surface area contributed by atoms with E-state index in [1.165, 1.54) is 0 Å². The van der Waals surface area contributed by atoms with Crippen molar-refractivity contribution in [2.45, 2.75) is 6.92 Å². The molecule has 13 heavy (non-hydrogen) atoms. The van der Waals surface area contributed by atoms with Gasteiger partial charge in [-0.2, -0.15) is 5.26 Å². The summed E-state index contributed by atoms with van der Waals surface area (Å²) in [5.41, 5.74) is 0. The first-order valence-electron chi connectivity index (χ1n) is 3.97. The van der Waals surface area contributed by atoms with Crippen LogP contribution in [0.2, 0.25) is 5.02 Å². The number of hydrogen-bond acceptors (Lipinski definition) is 3. The van der Waals surface area contributed by atoms with Gasteiger partial charge in [0.2, 0.25) is 0 Å². The van der Waals surface area contributed by atoms with Crippen molar-refractivity contribution in [2.75, 3.05) is 11.9 Å². The van der Waals surface area contributed by atoms with Gasteiger partial charge in [0.1, 0.15) is 5.82 Å². The van der Waals surface area contributed by atoms with Crippen LogP contribution in [-0.4, -0.2) is 11.5 Å². The molecule has 3 nitrogen and oxygen atoms in total. The van der Waals surface area contributed by atoms with E-state index in [9.17, 15) is 0 Å². The van der Waals surface area contributed by atoms with Gasteiger partial charge < -0.3 is 5.32 Å². The lowest BCUT2D eigenvalue weighted by Crippen LogP contribution is -2.09. The molecule has 4 heteroatoms. The van der Waals surface area contributed by atoms with Crippen LogP contribution in [0.4, 0.5) is 5.82 Å². The topological polar surface area (TPSA) is 48.7 Å². The van der Waals surface area contributed by atoms with Crippen molar-refractivity contribution in [1.29, 1.82) is 5.26 Å². The Bertz CT molecular complexity index is 302. The first-order chi connectivity index (χ1) is 6.22. The number of rotatable bonds is 3. The number of halogens is 1. The fourth-order valence-corrected chi connectivity index (χ4v) is 0.895. The summed E-state index contributed by atoms with van der Waals surface area (Å²) in [4.78, 5) is 4.03. The van der Waals surface area contributed by atoms with Crippen LogP contribution in [0.1, 0.15) is 6.92 Å². The number of anilines is 1. The zero-order chi connectivity index (χ0) is 9.68. The molecule has 1 aromatic rings. The average Bonchev–Trinajstić information content (AvgIpc) is 2.16. The minimum atomic E-state index is -0.0162. The van der Waals surface area contributed by atoms with Crippen LogP contribution in [0.25, 0.3) is 0 Å². The fourth-order valence-electron chi connectivity index (χ4n) is 0.784. The fraction of sp³-hybridized carbons (Fsp3) is 0.333. The maximum Gasteiger partial charge on any atom is 0.126 e. The van der Waals surface area contributed by atoms with Crippen molar-refractivity contribution in [3.63, 3.8) is 0 Å². The molecule has 0 aliphatic rings. The molecule has 0 fully saturated rings. The van der Waals surface area contributed by atoms with Crippen molar-refractivity contribution in [3.05, 3.63) is 23.4 Å². The molecule has 0 aromatic carbocycles. The maximum absolute atomic E-state index is 8.53. The van der Waals surface area contributed by atoms with Crippen LogP contribution < -0.4 is 5.32 Å². The van der Waals surface area contributed by atoms with Gasteiger partial charge in [-0.25, -0.2) is 4.98 Å². The summed E-state index contributed by atoms with van der Waals surface area (Å²) in [5, 5.41) is 12.2. The molecule has 0 saturated carbocycles. The Labute approximate surface area is 82.4 Å². The molecule has 0 amide bonds. The molecule has 1 unspecified atom stereocenters. The van der Waals surface area contributed by atoms with E-state index in [1.807, 2.05) is 6.92 Å². The number of nitriles is 1. The highest BCUT2D eigenvalue weighted by molar-refractivity contribution is 6.30. The van der Waals surface area contributed by atoms with Crippen LogP contribution >= 0.6 is 11.6 Å². The summed E-state index contributed by atoms with van der Waals surface area (Å²) in [5.74, 6) is 0.726. The van der Waals surface area contributed by atoms with Gasteiger partial charge in [0, 0.05) is 12.7 Å². The minimum absolute atomic E-state index is 0.0162. The zero-order valence-electron chi connectivity index (χ0n) is 7.29. The van der Waals surface area contributed by atoms with E-state index in [2.05, 4.69) is 16.4 Å². The lowest BCUT2D eigenvalue weighted by atomic mass is 10.2. The number of nitrogens with one attached hydrogen (secondary N) is 1. The van der Waals surface area contributed by atoms with Gasteiger partial charge in [-0.3, -0.25) is 0 Å². The highest BCUT2D eigenvalue weighted by Gasteiger charge is 1.99. The number of hydrogen-bond donors (Lipinski definition) is 1. The number of aromatic nitrogens is 1. The van der Waals surface area contributed by atoms with Gasteiger partial charge in [0.15, 0.2) is 0 Å². The Kier molecular flexibility index (Phi) is 3.53. The third kappa shape index (κ3) is 3.30. The van der Waals surface area contributed by atoms with Crippen molar-refractivity contribution < 1.29 is 0 Å². The van der Waals surface area contributed by atoms with E-state index in [0.717, 1.165) is 5.82 Å². The predicted octanol–water partition coefficient (Wildman–Crippen LogP) is 2.31. The normalized spacial score (nSPS) is 11.8. The Balaban J connectivity index is 2.47. The second-order valence-electron chi connectivity index (χ2n) is 2.77. The zero-order valence-corrected chi connectivity index (χ0v) is 8.04. The first kappa shape index (κ1) is 9.82. The third-order valence-corrected chi connectivity index (χ3v) is 1.76. The Morgan fingerprint density at radius 3 is 3.00 bits per heavy atom. The molecule has 0 radical (unpaired) electrons. The lowest BCUT2D eigenvalue weighted by Gasteiger charge is -2.05. The van der Waals surface area contributed by atoms with E-state index in [4.69, 9.17) is 16.9 Å². The summed E-state index contributed by atoms with van der Waals surface area (Å²) in [6.45, 7) is 2.45. The Hall–Kier alpha value is -1.27. The SMILES string of the molecule is CC(C#N)CNc1ccc(Cl)cn1. The third-order valence-electron chi connectivity index (χ3n) is 1.54. The summed E-state index contributed by atoms with van der Waals surface area (Å²) in [7, 11) is 0. The Morgan fingerprint density at radius 1 is 1.69 bits per heavy atom. The second kappa shape index (κ2) is 4.68. The van der Waals surface area contributed by atoms with Crippen molar-refractivity contribution in [1.82, 2.24) is 4.98 Å². The molecule has 0 spiro atoms. The maximum atomic E-state index is 8.53. The van der Waals surface area contributed by atoms with E-state index in [1.54, 1.807) is 18.3 Å². The standard InChI is InChI=1S/C9H10ClN3/c1-7(4-11)5-12-9-3-2-8(10)6-13-9/h2-3,6-7H,5H2,1H3,(H,12,13). The molecule has 1 heterocycles. The first-order valence-corrected chi connectivity index (χ1v) is 4.35. The van der Waals surface area contributed by atoms with E-state index >= 15 is 0 Å². The van der Waals surface area contributed by atoms with Crippen LogP contribution in [0.15, 0.2) is 18.3 Å². The van der Waals surface area contributed by atoms with Crippen molar-refractivity contribution in [2.24, 2.45) is 5.92 Å². The van der Waals surface area contributed by atoms with Crippen LogP contribution in [0.5, 0.6) is 0 Å². The molecule has 0 saturated heterocycles. The molecule has 0 aliphatic heterocycles. The lowest BCUT2D eigenvalue weighted by molar-refractivity contribution is 0.783. The quantitative estimate of drug-likeness (QED) is 0.805. The summed E-state index contributed by atoms with van der Waals surface area (Å²) < 4.78 is 0. The smallest absolute Gasteiger partial charge is 0.126 e. The predicted molar refractivity (Wildman–Crippen MR) is 52.5 cm³/mol. The summed E-state index contributed by atoms with van der Waals surface area (Å²) >= 11 is 5.66. The molecule has 1 aromatic heterocycles. The van der Waals surface area contributed by atoms with Crippen LogP contribution in [0.3, 0.4) is 0 Å². The number of nitrogens with zero attached hydrogens (tertiary/aromatic N) is 2. The minimum Gasteiger partial charge on any atom is -0.369 e. The molecule has 0 bridgehead atoms. The van der Waals surface area contributed by atoms with Gasteiger partial charge in [-0.1, -0.05) is 11.6 Å². The second-order valence-corrected chi connectivity index (χ2v) is 3.21. The van der Waals surface area contributed by atoms with Gasteiger partial charge >= 0.3 is 0 Å². The van der Waals surface area contributed by atoms with Gasteiger partial charge in [0.25, 0.3) is 0 Å². The highest BCUT2D eigenvalue weighted by Crippen LogP contribution is 2.09. The van der Waals surface area contributed by atoms with Gasteiger partial charge in [-0.15, -0.1) is 0 Å². The number of pyridine rings is 1. The van der Waals surface area contributed by atoms with E-state index in [0.29, 0.717) is 11.6 Å². The molecular weight excluding hydrogens is 186 g/mol. The average molecular weight is 196 g/mol. The van der Waals surface area contributed by atoms with Gasteiger partial charge in [0.05, 0.1) is 17.0 Å². The van der Waals surface area contributed by atoms with Crippen molar-refractivity contribution >= 4 is 17.4 Å². The monoisotopic (exact) mass is 195 g/mol. The molecule has 1 rings (SSSR count). The largest absolute Gasteiger partial charge is 0.369 e. The molecule has 1 N–H and O–H groups in total. The molecule has 68 valence electrons. The highest BCUT2D eigenvalue weighted by atomic mass is 35.5.